The van der Waals surface area contributed by atoms with E-state index in [4.69, 9.17) is 0 Å². The van der Waals surface area contributed by atoms with E-state index < -0.39 is 0 Å². The molecule has 1 amide bonds. The van der Waals surface area contributed by atoms with Crippen LogP contribution in [-0.4, -0.2) is 22.4 Å². The lowest BCUT2D eigenvalue weighted by Gasteiger charge is -2.12. The molecule has 5 heteroatoms. The summed E-state index contributed by atoms with van der Waals surface area (Å²) in [6, 6.07) is 1.74. The Morgan fingerprint density at radius 3 is 3.00 bits per heavy atom. The van der Waals surface area contributed by atoms with Crippen molar-refractivity contribution in [1.29, 1.82) is 0 Å². The molecule has 1 aromatic heterocycles. The first-order valence-electron chi connectivity index (χ1n) is 4.06. The molecule has 4 nitrogen and oxygen atoms in total. The quantitative estimate of drug-likeness (QED) is 0.698. The molecular formula is C8H8BrN3O. The van der Waals surface area contributed by atoms with Crippen LogP contribution in [0, 0.1) is 0 Å². The predicted molar refractivity (Wildman–Crippen MR) is 51.3 cm³/mol. The Balaban J connectivity index is 2.29. The topological polar surface area (TPSA) is 46.1 Å². The third kappa shape index (κ3) is 1.70. The number of rotatable bonds is 1. The number of anilines is 1. The minimum Gasteiger partial charge on any atom is -0.281 e. The molecule has 13 heavy (non-hydrogen) atoms. The van der Waals surface area contributed by atoms with Crippen molar-refractivity contribution in [2.24, 2.45) is 0 Å². The lowest BCUT2D eigenvalue weighted by atomic mass is 10.4. The van der Waals surface area contributed by atoms with Gasteiger partial charge in [-0.15, -0.1) is 0 Å². The van der Waals surface area contributed by atoms with Gasteiger partial charge in [0.2, 0.25) is 11.9 Å². The maximum Gasteiger partial charge on any atom is 0.233 e. The highest BCUT2D eigenvalue weighted by Crippen LogP contribution is 2.17. The number of carbonyl (C=O) groups excluding carboxylic acids is 1. The fraction of sp³-hybridized carbons (Fsp3) is 0.375. The average molecular weight is 242 g/mol. The smallest absolute Gasteiger partial charge is 0.233 e. The molecule has 1 aromatic rings. The highest BCUT2D eigenvalue weighted by Gasteiger charge is 2.23. The summed E-state index contributed by atoms with van der Waals surface area (Å²) in [7, 11) is 0. The van der Waals surface area contributed by atoms with Gasteiger partial charge in [-0.3, -0.25) is 9.69 Å². The Bertz CT molecular complexity index is 342. The number of aromatic nitrogens is 2. The van der Waals surface area contributed by atoms with E-state index in [0.717, 1.165) is 13.0 Å². The van der Waals surface area contributed by atoms with Crippen molar-refractivity contribution in [2.75, 3.05) is 11.4 Å². The SMILES string of the molecule is O=C1CCCN1c1nccc(Br)n1. The normalized spacial score (nSPS) is 16.7. The Kier molecular flexibility index (Phi) is 2.26. The monoisotopic (exact) mass is 241 g/mol. The van der Waals surface area contributed by atoms with Gasteiger partial charge in [-0.1, -0.05) is 0 Å². The van der Waals surface area contributed by atoms with Crippen LogP contribution in [0.4, 0.5) is 5.95 Å². The Labute approximate surface area is 84.1 Å². The van der Waals surface area contributed by atoms with Gasteiger partial charge in [0.15, 0.2) is 0 Å². The second-order valence-electron chi connectivity index (χ2n) is 2.83. The average Bonchev–Trinajstić information content (AvgIpc) is 2.51. The molecule has 1 aliphatic rings. The van der Waals surface area contributed by atoms with Crippen LogP contribution in [0.15, 0.2) is 16.9 Å². The first kappa shape index (κ1) is 8.62. The van der Waals surface area contributed by atoms with Gasteiger partial charge in [0.25, 0.3) is 0 Å². The zero-order valence-corrected chi connectivity index (χ0v) is 8.49. The van der Waals surface area contributed by atoms with Crippen molar-refractivity contribution in [3.05, 3.63) is 16.9 Å². The largest absolute Gasteiger partial charge is 0.281 e. The molecular weight excluding hydrogens is 234 g/mol. The van der Waals surface area contributed by atoms with Crippen molar-refractivity contribution in [3.8, 4) is 0 Å². The maximum absolute atomic E-state index is 11.3. The lowest BCUT2D eigenvalue weighted by molar-refractivity contribution is -0.117. The Hall–Kier alpha value is -0.970. The molecule has 1 saturated heterocycles. The molecule has 0 N–H and O–H groups in total. The molecule has 0 unspecified atom stereocenters. The summed E-state index contributed by atoms with van der Waals surface area (Å²) in [4.78, 5) is 21.1. The molecule has 0 saturated carbocycles. The number of hydrogen-bond acceptors (Lipinski definition) is 3. The summed E-state index contributed by atoms with van der Waals surface area (Å²) in [5.41, 5.74) is 0. The van der Waals surface area contributed by atoms with Gasteiger partial charge in [0.05, 0.1) is 0 Å². The second-order valence-corrected chi connectivity index (χ2v) is 3.64. The van der Waals surface area contributed by atoms with Crippen molar-refractivity contribution in [1.82, 2.24) is 9.97 Å². The molecule has 0 atom stereocenters. The molecule has 0 aliphatic carbocycles. The number of hydrogen-bond donors (Lipinski definition) is 0. The fourth-order valence-corrected chi connectivity index (χ4v) is 1.59. The summed E-state index contributed by atoms with van der Waals surface area (Å²) < 4.78 is 0.706. The number of nitrogens with zero attached hydrogens (tertiary/aromatic N) is 3. The van der Waals surface area contributed by atoms with Crippen LogP contribution < -0.4 is 4.90 Å². The zero-order chi connectivity index (χ0) is 9.26. The third-order valence-electron chi connectivity index (χ3n) is 1.92. The van der Waals surface area contributed by atoms with Gasteiger partial charge in [0, 0.05) is 19.2 Å². The van der Waals surface area contributed by atoms with E-state index in [1.54, 1.807) is 17.2 Å². The van der Waals surface area contributed by atoms with Gasteiger partial charge in [-0.05, 0) is 28.4 Å². The van der Waals surface area contributed by atoms with E-state index >= 15 is 0 Å². The van der Waals surface area contributed by atoms with Crippen LogP contribution in [0.1, 0.15) is 12.8 Å². The summed E-state index contributed by atoms with van der Waals surface area (Å²) in [5, 5.41) is 0. The van der Waals surface area contributed by atoms with Gasteiger partial charge in [0.1, 0.15) is 4.60 Å². The van der Waals surface area contributed by atoms with Crippen LogP contribution in [0.25, 0.3) is 0 Å². The molecule has 68 valence electrons. The van der Waals surface area contributed by atoms with E-state index in [1.807, 2.05) is 0 Å². The Morgan fingerprint density at radius 2 is 2.38 bits per heavy atom. The third-order valence-corrected chi connectivity index (χ3v) is 2.37. The van der Waals surface area contributed by atoms with E-state index in [1.165, 1.54) is 0 Å². The number of amides is 1. The highest BCUT2D eigenvalue weighted by atomic mass is 79.9. The van der Waals surface area contributed by atoms with Crippen molar-refractivity contribution in [3.63, 3.8) is 0 Å². The minimum absolute atomic E-state index is 0.109. The van der Waals surface area contributed by atoms with Crippen molar-refractivity contribution < 1.29 is 4.79 Å². The molecule has 0 spiro atoms. The Morgan fingerprint density at radius 1 is 1.54 bits per heavy atom. The maximum atomic E-state index is 11.3. The number of carbonyl (C=O) groups is 1. The fourth-order valence-electron chi connectivity index (χ4n) is 1.32. The van der Waals surface area contributed by atoms with Crippen LogP contribution in [0.2, 0.25) is 0 Å². The molecule has 2 rings (SSSR count). The lowest BCUT2D eigenvalue weighted by Crippen LogP contribution is -2.25. The van der Waals surface area contributed by atoms with Crippen LogP contribution in [-0.2, 0) is 4.79 Å². The van der Waals surface area contributed by atoms with E-state index in [2.05, 4.69) is 25.9 Å². The summed E-state index contributed by atoms with van der Waals surface area (Å²) >= 11 is 3.24. The highest BCUT2D eigenvalue weighted by molar-refractivity contribution is 9.10. The van der Waals surface area contributed by atoms with Crippen LogP contribution in [0.3, 0.4) is 0 Å². The van der Waals surface area contributed by atoms with E-state index in [-0.39, 0.29) is 5.91 Å². The van der Waals surface area contributed by atoms with Gasteiger partial charge in [-0.25, -0.2) is 9.97 Å². The molecule has 2 heterocycles. The van der Waals surface area contributed by atoms with Gasteiger partial charge < -0.3 is 0 Å². The minimum atomic E-state index is 0.109. The first-order chi connectivity index (χ1) is 6.27. The van der Waals surface area contributed by atoms with Crippen LogP contribution >= 0.6 is 15.9 Å². The predicted octanol–water partition coefficient (Wildman–Crippen LogP) is 1.37. The van der Waals surface area contributed by atoms with Gasteiger partial charge in [-0.2, -0.15) is 0 Å². The summed E-state index contributed by atoms with van der Waals surface area (Å²) in [6.45, 7) is 0.731. The number of halogens is 1. The molecule has 0 bridgehead atoms. The van der Waals surface area contributed by atoms with Gasteiger partial charge >= 0.3 is 0 Å². The standard InChI is InChI=1S/C8H8BrN3O/c9-6-3-4-10-8(11-6)12-5-1-2-7(12)13/h3-4H,1-2,5H2. The van der Waals surface area contributed by atoms with Crippen molar-refractivity contribution >= 4 is 27.8 Å². The first-order valence-corrected chi connectivity index (χ1v) is 4.85. The van der Waals surface area contributed by atoms with Crippen LogP contribution in [0.5, 0.6) is 0 Å². The summed E-state index contributed by atoms with van der Waals surface area (Å²) in [5.74, 6) is 0.606. The second kappa shape index (κ2) is 3.41. The zero-order valence-electron chi connectivity index (χ0n) is 6.90. The molecule has 1 fully saturated rings. The summed E-state index contributed by atoms with van der Waals surface area (Å²) in [6.07, 6.45) is 3.14. The van der Waals surface area contributed by atoms with Crippen molar-refractivity contribution in [2.45, 2.75) is 12.8 Å². The molecule has 1 aliphatic heterocycles. The molecule has 0 aromatic carbocycles. The molecule has 0 radical (unpaired) electrons. The van der Waals surface area contributed by atoms with E-state index in [9.17, 15) is 4.79 Å². The van der Waals surface area contributed by atoms with E-state index in [0.29, 0.717) is 17.0 Å².